The minimum atomic E-state index is -0.114. The first-order chi connectivity index (χ1) is 13.7. The third-order valence-electron chi connectivity index (χ3n) is 4.38. The van der Waals surface area contributed by atoms with Crippen molar-refractivity contribution < 1.29 is 4.79 Å². The fourth-order valence-electron chi connectivity index (χ4n) is 2.75. The monoisotopic (exact) mass is 432 g/mol. The molecule has 0 aliphatic rings. The molecule has 0 unspecified atom stereocenters. The predicted octanol–water partition coefficient (Wildman–Crippen LogP) is 4.38. The van der Waals surface area contributed by atoms with Crippen LogP contribution in [0.4, 0.5) is 5.82 Å². The first-order valence-corrected chi connectivity index (χ1v) is 10.7. The molecule has 1 N–H and O–H groups in total. The third kappa shape index (κ3) is 5.00. The average Bonchev–Trinajstić information content (AvgIpc) is 3.24. The minimum Gasteiger partial charge on any atom is -0.310 e. The van der Waals surface area contributed by atoms with Crippen LogP contribution in [0.15, 0.2) is 35.5 Å². The van der Waals surface area contributed by atoms with Crippen molar-refractivity contribution in [3.63, 3.8) is 0 Å². The van der Waals surface area contributed by atoms with Gasteiger partial charge in [0.2, 0.25) is 5.91 Å². The molecule has 29 heavy (non-hydrogen) atoms. The number of nitrogens with zero attached hydrogens (tertiary/aromatic N) is 5. The van der Waals surface area contributed by atoms with Crippen LogP contribution in [-0.4, -0.2) is 36.2 Å². The lowest BCUT2D eigenvalue weighted by Crippen LogP contribution is -2.16. The van der Waals surface area contributed by atoms with Crippen molar-refractivity contribution in [1.82, 2.24) is 24.5 Å². The third-order valence-corrected chi connectivity index (χ3v) is 5.60. The Kier molecular flexibility index (Phi) is 6.33. The molecule has 0 saturated heterocycles. The molecule has 7 nitrogen and oxygen atoms in total. The molecule has 0 atom stereocenters. The number of nitrogens with one attached hydrogen (secondary N) is 1. The van der Waals surface area contributed by atoms with Gasteiger partial charge in [0.05, 0.1) is 11.4 Å². The van der Waals surface area contributed by atoms with E-state index in [1.807, 2.05) is 48.9 Å². The molecule has 1 aromatic carbocycles. The van der Waals surface area contributed by atoms with Crippen molar-refractivity contribution in [2.45, 2.75) is 44.8 Å². The maximum absolute atomic E-state index is 12.5. The molecule has 9 heteroatoms. The van der Waals surface area contributed by atoms with Crippen LogP contribution in [0.3, 0.4) is 0 Å². The molecular formula is C20H25ClN6OS. The summed E-state index contributed by atoms with van der Waals surface area (Å²) in [5.41, 5.74) is 1.79. The predicted molar refractivity (Wildman–Crippen MR) is 117 cm³/mol. The average molecular weight is 433 g/mol. The summed E-state index contributed by atoms with van der Waals surface area (Å²) in [7, 11) is 1.82. The Morgan fingerprint density at radius 3 is 2.48 bits per heavy atom. The van der Waals surface area contributed by atoms with Gasteiger partial charge in [0.25, 0.3) is 0 Å². The lowest BCUT2D eigenvalue weighted by atomic mass is 9.92. The number of thioether (sulfide) groups is 1. The zero-order valence-corrected chi connectivity index (χ0v) is 18.8. The molecular weight excluding hydrogens is 408 g/mol. The van der Waals surface area contributed by atoms with Crippen molar-refractivity contribution in [3.8, 4) is 11.4 Å². The van der Waals surface area contributed by atoms with Gasteiger partial charge in [-0.25, -0.2) is 0 Å². The molecule has 154 valence electrons. The van der Waals surface area contributed by atoms with Crippen LogP contribution in [0, 0.1) is 0 Å². The van der Waals surface area contributed by atoms with Gasteiger partial charge in [-0.2, -0.15) is 5.10 Å². The molecule has 3 aromatic rings. The molecule has 0 bridgehead atoms. The van der Waals surface area contributed by atoms with Crippen molar-refractivity contribution in [2.75, 3.05) is 11.1 Å². The summed E-state index contributed by atoms with van der Waals surface area (Å²) in [6, 6.07) is 9.39. The highest BCUT2D eigenvalue weighted by Gasteiger charge is 2.20. The van der Waals surface area contributed by atoms with Crippen LogP contribution < -0.4 is 5.32 Å². The van der Waals surface area contributed by atoms with Gasteiger partial charge in [0.1, 0.15) is 5.82 Å². The second-order valence-electron chi connectivity index (χ2n) is 7.68. The van der Waals surface area contributed by atoms with Crippen molar-refractivity contribution in [2.24, 2.45) is 7.05 Å². The van der Waals surface area contributed by atoms with E-state index in [0.29, 0.717) is 22.5 Å². The number of halogens is 1. The Balaban J connectivity index is 1.68. The summed E-state index contributed by atoms with van der Waals surface area (Å²) in [6.07, 6.45) is 0. The van der Waals surface area contributed by atoms with E-state index in [1.165, 1.54) is 11.8 Å². The van der Waals surface area contributed by atoms with Gasteiger partial charge in [0.15, 0.2) is 11.0 Å². The van der Waals surface area contributed by atoms with E-state index in [-0.39, 0.29) is 17.1 Å². The molecule has 0 saturated carbocycles. The quantitative estimate of drug-likeness (QED) is 0.585. The maximum Gasteiger partial charge on any atom is 0.235 e. The molecule has 1 amide bonds. The lowest BCUT2D eigenvalue weighted by molar-refractivity contribution is -0.113. The van der Waals surface area contributed by atoms with E-state index in [4.69, 9.17) is 11.6 Å². The summed E-state index contributed by atoms with van der Waals surface area (Å²) < 4.78 is 3.68. The molecule has 3 rings (SSSR count). The molecule has 2 heterocycles. The molecule has 0 fully saturated rings. The van der Waals surface area contributed by atoms with Gasteiger partial charge in [-0.3, -0.25) is 9.48 Å². The largest absolute Gasteiger partial charge is 0.310 e. The summed E-state index contributed by atoms with van der Waals surface area (Å²) in [5, 5.41) is 17.3. The number of aryl methyl sites for hydroxylation is 1. The van der Waals surface area contributed by atoms with Crippen LogP contribution in [0.2, 0.25) is 5.02 Å². The summed E-state index contributed by atoms with van der Waals surface area (Å²) in [4.78, 5) is 12.5. The van der Waals surface area contributed by atoms with Gasteiger partial charge >= 0.3 is 0 Å². The van der Waals surface area contributed by atoms with Crippen molar-refractivity contribution in [1.29, 1.82) is 0 Å². The minimum absolute atomic E-state index is 0.0783. The van der Waals surface area contributed by atoms with E-state index < -0.39 is 0 Å². The number of benzene rings is 1. The van der Waals surface area contributed by atoms with Crippen LogP contribution in [0.5, 0.6) is 0 Å². The highest BCUT2D eigenvalue weighted by Crippen LogP contribution is 2.26. The second kappa shape index (κ2) is 8.59. The van der Waals surface area contributed by atoms with Gasteiger partial charge in [-0.1, -0.05) is 44.1 Å². The highest BCUT2D eigenvalue weighted by molar-refractivity contribution is 7.99. The van der Waals surface area contributed by atoms with Crippen LogP contribution in [0.1, 0.15) is 33.4 Å². The lowest BCUT2D eigenvalue weighted by Gasteiger charge is -2.13. The number of carbonyl (C=O) groups excluding carboxylic acids is 1. The molecule has 2 aromatic heterocycles. The molecule has 0 radical (unpaired) electrons. The van der Waals surface area contributed by atoms with E-state index in [9.17, 15) is 4.79 Å². The standard InChI is InChI=1S/C20H25ClN6OS/c1-6-27-18(13-7-9-14(21)10-8-13)23-24-19(27)29-12-17(28)22-16-11-15(20(2,3)4)25-26(16)5/h7-11H,6,12H2,1-5H3,(H,22,28). The Morgan fingerprint density at radius 2 is 1.90 bits per heavy atom. The van der Waals surface area contributed by atoms with Crippen molar-refractivity contribution in [3.05, 3.63) is 41.0 Å². The molecule has 0 aliphatic carbocycles. The summed E-state index contributed by atoms with van der Waals surface area (Å²) in [5.74, 6) is 1.56. The number of aromatic nitrogens is 5. The Labute approximate surface area is 179 Å². The smallest absolute Gasteiger partial charge is 0.235 e. The van der Waals surface area contributed by atoms with E-state index in [1.54, 1.807) is 4.68 Å². The zero-order chi connectivity index (χ0) is 21.2. The van der Waals surface area contributed by atoms with E-state index in [2.05, 4.69) is 41.4 Å². The van der Waals surface area contributed by atoms with Crippen LogP contribution in [0.25, 0.3) is 11.4 Å². The normalized spacial score (nSPS) is 11.7. The number of carbonyl (C=O) groups is 1. The van der Waals surface area contributed by atoms with Gasteiger partial charge in [-0.15, -0.1) is 10.2 Å². The van der Waals surface area contributed by atoms with E-state index in [0.717, 1.165) is 17.1 Å². The summed E-state index contributed by atoms with van der Waals surface area (Å²) in [6.45, 7) is 8.99. The zero-order valence-electron chi connectivity index (χ0n) is 17.2. The molecule has 0 spiro atoms. The fraction of sp³-hybridized carbons (Fsp3) is 0.400. The topological polar surface area (TPSA) is 77.6 Å². The van der Waals surface area contributed by atoms with E-state index >= 15 is 0 Å². The Morgan fingerprint density at radius 1 is 1.21 bits per heavy atom. The van der Waals surface area contributed by atoms with Gasteiger partial charge in [0, 0.05) is 35.7 Å². The molecule has 0 aliphatic heterocycles. The van der Waals surface area contributed by atoms with Gasteiger partial charge in [-0.05, 0) is 31.2 Å². The number of rotatable bonds is 6. The second-order valence-corrected chi connectivity index (χ2v) is 9.06. The Bertz CT molecular complexity index is 1000. The highest BCUT2D eigenvalue weighted by atomic mass is 35.5. The van der Waals surface area contributed by atoms with Crippen LogP contribution >= 0.6 is 23.4 Å². The maximum atomic E-state index is 12.5. The van der Waals surface area contributed by atoms with Crippen LogP contribution in [-0.2, 0) is 23.8 Å². The first-order valence-electron chi connectivity index (χ1n) is 9.35. The van der Waals surface area contributed by atoms with Crippen molar-refractivity contribution >= 4 is 35.1 Å². The first kappa shape index (κ1) is 21.4. The SMILES string of the molecule is CCn1c(SCC(=O)Nc2cc(C(C)(C)C)nn2C)nnc1-c1ccc(Cl)cc1. The number of hydrogen-bond donors (Lipinski definition) is 1. The number of anilines is 1. The summed E-state index contributed by atoms with van der Waals surface area (Å²) >= 11 is 7.33. The Hall–Kier alpha value is -2.32. The fourth-order valence-corrected chi connectivity index (χ4v) is 3.68. The number of amides is 1. The van der Waals surface area contributed by atoms with Gasteiger partial charge < -0.3 is 9.88 Å². The number of hydrogen-bond acceptors (Lipinski definition) is 5.